The highest BCUT2D eigenvalue weighted by Gasteiger charge is 2.29. The number of nitrogens with one attached hydrogen (secondary N) is 2. The zero-order valence-corrected chi connectivity index (χ0v) is 14.3. The molecule has 0 radical (unpaired) electrons. The predicted molar refractivity (Wildman–Crippen MR) is 93.8 cm³/mol. The van der Waals surface area contributed by atoms with E-state index in [1.807, 2.05) is 61.9 Å². The van der Waals surface area contributed by atoms with Crippen LogP contribution in [0.2, 0.25) is 0 Å². The minimum absolute atomic E-state index is 0.0933. The molecule has 1 saturated carbocycles. The van der Waals surface area contributed by atoms with Crippen LogP contribution in [0.1, 0.15) is 47.6 Å². The smallest absolute Gasteiger partial charge is 0.268 e. The van der Waals surface area contributed by atoms with E-state index in [4.69, 9.17) is 0 Å². The number of anilines is 1. The van der Waals surface area contributed by atoms with Gasteiger partial charge in [0.25, 0.3) is 5.91 Å². The van der Waals surface area contributed by atoms with Gasteiger partial charge in [-0.05, 0) is 56.5 Å². The highest BCUT2D eigenvalue weighted by molar-refractivity contribution is 5.94. The van der Waals surface area contributed by atoms with E-state index in [1.165, 1.54) is 0 Å². The molecule has 1 aromatic heterocycles. The van der Waals surface area contributed by atoms with Crippen LogP contribution in [0.5, 0.6) is 0 Å². The van der Waals surface area contributed by atoms with E-state index in [-0.39, 0.29) is 23.8 Å². The summed E-state index contributed by atoms with van der Waals surface area (Å²) in [5, 5.41) is 5.93. The molecule has 3 rings (SSSR count). The number of aromatic nitrogens is 1. The fraction of sp³-hybridized carbons (Fsp3) is 0.368. The molecule has 1 aromatic carbocycles. The Kier molecular flexibility index (Phi) is 4.42. The van der Waals surface area contributed by atoms with Crippen molar-refractivity contribution in [1.29, 1.82) is 0 Å². The highest BCUT2D eigenvalue weighted by Crippen LogP contribution is 2.30. The van der Waals surface area contributed by atoms with Crippen LogP contribution in [-0.2, 0) is 11.8 Å². The van der Waals surface area contributed by atoms with Crippen molar-refractivity contribution >= 4 is 17.5 Å². The Labute approximate surface area is 142 Å². The summed E-state index contributed by atoms with van der Waals surface area (Å²) in [7, 11) is 1.88. The number of aryl methyl sites for hydroxylation is 1. The number of hydrogen-bond donors (Lipinski definition) is 2. The first-order chi connectivity index (χ1) is 11.5. The molecule has 1 unspecified atom stereocenters. The molecule has 24 heavy (non-hydrogen) atoms. The molecule has 0 bridgehead atoms. The second-order valence-corrected chi connectivity index (χ2v) is 6.50. The summed E-state index contributed by atoms with van der Waals surface area (Å²) >= 11 is 0. The normalized spacial score (nSPS) is 15.0. The van der Waals surface area contributed by atoms with Gasteiger partial charge in [0.1, 0.15) is 5.69 Å². The number of carbonyl (C=O) groups excluding carboxylic acids is 2. The zero-order chi connectivity index (χ0) is 17.3. The first-order valence-electron chi connectivity index (χ1n) is 8.29. The van der Waals surface area contributed by atoms with Crippen LogP contribution in [-0.4, -0.2) is 16.4 Å². The summed E-state index contributed by atoms with van der Waals surface area (Å²) in [6, 6.07) is 11.3. The van der Waals surface area contributed by atoms with E-state index in [9.17, 15) is 9.59 Å². The van der Waals surface area contributed by atoms with E-state index < -0.39 is 0 Å². The summed E-state index contributed by atoms with van der Waals surface area (Å²) in [4.78, 5) is 24.1. The molecular formula is C19H23N3O2. The molecule has 1 heterocycles. The molecule has 1 aliphatic rings. The SMILES string of the molecule is Cc1ccc(C(=O)NC(C)c2ccc(NC(=O)C3CC3)cc2)n1C. The van der Waals surface area contributed by atoms with Gasteiger partial charge < -0.3 is 15.2 Å². The van der Waals surface area contributed by atoms with Gasteiger partial charge in [-0.2, -0.15) is 0 Å². The van der Waals surface area contributed by atoms with Gasteiger partial charge in [0, 0.05) is 24.3 Å². The van der Waals surface area contributed by atoms with Gasteiger partial charge in [-0.3, -0.25) is 9.59 Å². The molecule has 126 valence electrons. The topological polar surface area (TPSA) is 63.1 Å². The van der Waals surface area contributed by atoms with E-state index in [2.05, 4.69) is 10.6 Å². The Hall–Kier alpha value is -2.56. The van der Waals surface area contributed by atoms with Gasteiger partial charge >= 0.3 is 0 Å². The number of hydrogen-bond acceptors (Lipinski definition) is 2. The van der Waals surface area contributed by atoms with Gasteiger partial charge in [-0.25, -0.2) is 0 Å². The third-order valence-corrected chi connectivity index (χ3v) is 4.58. The second kappa shape index (κ2) is 6.51. The molecule has 0 saturated heterocycles. The minimum atomic E-state index is -0.110. The van der Waals surface area contributed by atoms with Crippen LogP contribution in [0.3, 0.4) is 0 Å². The fourth-order valence-electron chi connectivity index (χ4n) is 2.64. The van der Waals surface area contributed by atoms with Gasteiger partial charge in [0.2, 0.25) is 5.91 Å². The fourth-order valence-corrected chi connectivity index (χ4v) is 2.64. The van der Waals surface area contributed by atoms with Crippen molar-refractivity contribution in [2.24, 2.45) is 13.0 Å². The zero-order valence-electron chi connectivity index (χ0n) is 14.3. The maximum Gasteiger partial charge on any atom is 0.268 e. The Morgan fingerprint density at radius 2 is 1.79 bits per heavy atom. The van der Waals surface area contributed by atoms with Crippen LogP contribution in [0, 0.1) is 12.8 Å². The lowest BCUT2D eigenvalue weighted by Crippen LogP contribution is -2.28. The average molecular weight is 325 g/mol. The maximum atomic E-state index is 12.4. The molecule has 0 spiro atoms. The van der Waals surface area contributed by atoms with E-state index in [0.29, 0.717) is 5.69 Å². The Balaban J connectivity index is 1.62. The molecule has 1 fully saturated rings. The number of carbonyl (C=O) groups is 2. The third-order valence-electron chi connectivity index (χ3n) is 4.58. The van der Waals surface area contributed by atoms with Crippen molar-refractivity contribution in [3.63, 3.8) is 0 Å². The highest BCUT2D eigenvalue weighted by atomic mass is 16.2. The molecule has 0 aliphatic heterocycles. The Morgan fingerprint density at radius 3 is 2.33 bits per heavy atom. The van der Waals surface area contributed by atoms with Crippen molar-refractivity contribution in [3.8, 4) is 0 Å². The van der Waals surface area contributed by atoms with Crippen LogP contribution < -0.4 is 10.6 Å². The lowest BCUT2D eigenvalue weighted by Gasteiger charge is -2.15. The van der Waals surface area contributed by atoms with Gasteiger partial charge in [-0.1, -0.05) is 12.1 Å². The van der Waals surface area contributed by atoms with Crippen molar-refractivity contribution in [1.82, 2.24) is 9.88 Å². The summed E-state index contributed by atoms with van der Waals surface area (Å²) in [6.07, 6.45) is 1.98. The number of amides is 2. The molecule has 1 aliphatic carbocycles. The van der Waals surface area contributed by atoms with Crippen LogP contribution >= 0.6 is 0 Å². The van der Waals surface area contributed by atoms with E-state index >= 15 is 0 Å². The lowest BCUT2D eigenvalue weighted by atomic mass is 10.1. The number of benzene rings is 1. The molecule has 5 nitrogen and oxygen atoms in total. The molecule has 2 amide bonds. The second-order valence-electron chi connectivity index (χ2n) is 6.50. The van der Waals surface area contributed by atoms with Crippen molar-refractivity contribution in [3.05, 3.63) is 53.3 Å². The largest absolute Gasteiger partial charge is 0.344 e. The third kappa shape index (κ3) is 3.50. The van der Waals surface area contributed by atoms with Crippen LogP contribution in [0.25, 0.3) is 0 Å². The first-order valence-corrected chi connectivity index (χ1v) is 8.29. The Bertz CT molecular complexity index is 757. The molecule has 1 atom stereocenters. The van der Waals surface area contributed by atoms with Gasteiger partial charge in [-0.15, -0.1) is 0 Å². The van der Waals surface area contributed by atoms with Crippen molar-refractivity contribution in [2.75, 3.05) is 5.32 Å². The van der Waals surface area contributed by atoms with Crippen LogP contribution in [0.15, 0.2) is 36.4 Å². The number of nitrogens with zero attached hydrogens (tertiary/aromatic N) is 1. The summed E-state index contributed by atoms with van der Waals surface area (Å²) in [5.41, 5.74) is 3.49. The first kappa shape index (κ1) is 16.3. The monoisotopic (exact) mass is 325 g/mol. The molecule has 2 aromatic rings. The lowest BCUT2D eigenvalue weighted by molar-refractivity contribution is -0.117. The van der Waals surface area contributed by atoms with Gasteiger partial charge in [0.15, 0.2) is 0 Å². The standard InChI is InChI=1S/C19H23N3O2/c1-12-4-11-17(22(12)3)19(24)20-13(2)14-7-9-16(10-8-14)21-18(23)15-5-6-15/h4,7-11,13,15H,5-6H2,1-3H3,(H,20,24)(H,21,23). The summed E-state index contributed by atoms with van der Waals surface area (Å²) in [5.74, 6) is 0.198. The van der Waals surface area contributed by atoms with Crippen molar-refractivity contribution < 1.29 is 9.59 Å². The average Bonchev–Trinajstić information content (AvgIpc) is 3.35. The molecule has 5 heteroatoms. The van der Waals surface area contributed by atoms with E-state index in [1.54, 1.807) is 0 Å². The van der Waals surface area contributed by atoms with Crippen LogP contribution in [0.4, 0.5) is 5.69 Å². The van der Waals surface area contributed by atoms with E-state index in [0.717, 1.165) is 29.8 Å². The molecule has 2 N–H and O–H groups in total. The Morgan fingerprint density at radius 1 is 1.12 bits per heavy atom. The molecular weight excluding hydrogens is 302 g/mol. The van der Waals surface area contributed by atoms with Gasteiger partial charge in [0.05, 0.1) is 6.04 Å². The summed E-state index contributed by atoms with van der Waals surface area (Å²) < 4.78 is 1.87. The summed E-state index contributed by atoms with van der Waals surface area (Å²) in [6.45, 7) is 3.92. The minimum Gasteiger partial charge on any atom is -0.344 e. The predicted octanol–water partition coefficient (Wildman–Crippen LogP) is 3.17. The van der Waals surface area contributed by atoms with Crippen molar-refractivity contribution in [2.45, 2.75) is 32.7 Å². The number of rotatable bonds is 5. The quantitative estimate of drug-likeness (QED) is 0.887. The maximum absolute atomic E-state index is 12.4.